The molecule has 6 heteroatoms. The normalized spacial score (nSPS) is 10.8. The Kier molecular flexibility index (Phi) is 3.77. The number of nitrogens with zero attached hydrogens (tertiary/aromatic N) is 1. The van der Waals surface area contributed by atoms with E-state index in [1.165, 1.54) is 12.1 Å². The van der Waals surface area contributed by atoms with E-state index in [0.717, 1.165) is 27.1 Å². The summed E-state index contributed by atoms with van der Waals surface area (Å²) in [7, 11) is 1.72. The van der Waals surface area contributed by atoms with E-state index in [2.05, 4.69) is 5.32 Å². The summed E-state index contributed by atoms with van der Waals surface area (Å²) >= 11 is 1.14. The van der Waals surface area contributed by atoms with Crippen molar-refractivity contribution in [3.63, 3.8) is 0 Å². The molecule has 1 heterocycles. The molecule has 0 spiro atoms. The van der Waals surface area contributed by atoms with Gasteiger partial charge in [-0.2, -0.15) is 0 Å². The standard InChI is InChI=1S/C16H13FN2O2S/c1-19-13-7-6-12(9-14(13)22-16(19)21)18-15(20)8-10-2-4-11(17)5-3-10/h2-7,9H,8H2,1H3,(H,18,20). The summed E-state index contributed by atoms with van der Waals surface area (Å²) in [6, 6.07) is 11.2. The number of anilines is 1. The Morgan fingerprint density at radius 3 is 2.68 bits per heavy atom. The van der Waals surface area contributed by atoms with Crippen molar-refractivity contribution in [3.05, 3.63) is 63.5 Å². The van der Waals surface area contributed by atoms with Crippen LogP contribution in [0.1, 0.15) is 5.56 Å². The molecule has 1 aromatic heterocycles. The highest BCUT2D eigenvalue weighted by molar-refractivity contribution is 7.16. The predicted octanol–water partition coefficient (Wildman–Crippen LogP) is 2.92. The Bertz CT molecular complexity index is 897. The Morgan fingerprint density at radius 2 is 1.95 bits per heavy atom. The van der Waals surface area contributed by atoms with Crippen molar-refractivity contribution in [2.45, 2.75) is 6.42 Å². The van der Waals surface area contributed by atoms with Gasteiger partial charge in [0.15, 0.2) is 0 Å². The van der Waals surface area contributed by atoms with Gasteiger partial charge in [-0.3, -0.25) is 9.59 Å². The zero-order chi connectivity index (χ0) is 15.7. The molecule has 1 amide bonds. The second-order valence-electron chi connectivity index (χ2n) is 4.96. The van der Waals surface area contributed by atoms with Crippen LogP contribution in [-0.4, -0.2) is 10.5 Å². The first kappa shape index (κ1) is 14.5. The van der Waals surface area contributed by atoms with E-state index in [4.69, 9.17) is 0 Å². The molecular formula is C16H13FN2O2S. The Hall–Kier alpha value is -2.47. The number of carbonyl (C=O) groups is 1. The van der Waals surface area contributed by atoms with Gasteiger partial charge in [0.25, 0.3) is 0 Å². The van der Waals surface area contributed by atoms with Crippen LogP contribution < -0.4 is 10.2 Å². The van der Waals surface area contributed by atoms with Crippen molar-refractivity contribution in [3.8, 4) is 0 Å². The highest BCUT2D eigenvalue weighted by Crippen LogP contribution is 2.21. The molecule has 0 aliphatic carbocycles. The molecule has 1 N–H and O–H groups in total. The average molecular weight is 316 g/mol. The van der Waals surface area contributed by atoms with Crippen molar-refractivity contribution in [2.24, 2.45) is 7.05 Å². The van der Waals surface area contributed by atoms with E-state index in [9.17, 15) is 14.0 Å². The van der Waals surface area contributed by atoms with Gasteiger partial charge in [0.2, 0.25) is 5.91 Å². The maximum Gasteiger partial charge on any atom is 0.307 e. The van der Waals surface area contributed by atoms with Crippen LogP contribution in [0, 0.1) is 5.82 Å². The number of hydrogen-bond donors (Lipinski definition) is 1. The summed E-state index contributed by atoms with van der Waals surface area (Å²) in [5.41, 5.74) is 2.22. The highest BCUT2D eigenvalue weighted by atomic mass is 32.1. The van der Waals surface area contributed by atoms with Crippen LogP contribution in [0.4, 0.5) is 10.1 Å². The van der Waals surface area contributed by atoms with Gasteiger partial charge >= 0.3 is 4.87 Å². The number of thiazole rings is 1. The minimum Gasteiger partial charge on any atom is -0.326 e. The van der Waals surface area contributed by atoms with Gasteiger partial charge in [0.1, 0.15) is 5.82 Å². The molecule has 4 nitrogen and oxygen atoms in total. The van der Waals surface area contributed by atoms with Crippen LogP contribution in [-0.2, 0) is 18.3 Å². The third-order valence-corrected chi connectivity index (χ3v) is 4.35. The van der Waals surface area contributed by atoms with E-state index in [0.29, 0.717) is 5.69 Å². The van der Waals surface area contributed by atoms with Crippen LogP contribution in [0.3, 0.4) is 0 Å². The minimum absolute atomic E-state index is 0.0372. The fourth-order valence-electron chi connectivity index (χ4n) is 2.20. The molecule has 0 bridgehead atoms. The Morgan fingerprint density at radius 1 is 1.23 bits per heavy atom. The van der Waals surface area contributed by atoms with E-state index in [1.807, 2.05) is 0 Å². The van der Waals surface area contributed by atoms with Crippen molar-refractivity contribution < 1.29 is 9.18 Å². The smallest absolute Gasteiger partial charge is 0.307 e. The molecule has 0 aliphatic heterocycles. The van der Waals surface area contributed by atoms with Crippen molar-refractivity contribution in [1.82, 2.24) is 4.57 Å². The molecule has 2 aromatic carbocycles. The molecule has 0 radical (unpaired) electrons. The van der Waals surface area contributed by atoms with E-state index in [-0.39, 0.29) is 23.0 Å². The number of hydrogen-bond acceptors (Lipinski definition) is 3. The molecule has 0 aliphatic rings. The largest absolute Gasteiger partial charge is 0.326 e. The molecule has 3 aromatic rings. The average Bonchev–Trinajstić information content (AvgIpc) is 2.76. The third-order valence-electron chi connectivity index (χ3n) is 3.35. The van der Waals surface area contributed by atoms with Crippen molar-refractivity contribution >= 4 is 33.1 Å². The first-order valence-electron chi connectivity index (χ1n) is 6.67. The monoisotopic (exact) mass is 316 g/mol. The molecule has 0 atom stereocenters. The summed E-state index contributed by atoms with van der Waals surface area (Å²) in [5.74, 6) is -0.511. The molecule has 3 rings (SSSR count). The molecule has 22 heavy (non-hydrogen) atoms. The minimum atomic E-state index is -0.325. The summed E-state index contributed by atoms with van der Waals surface area (Å²) in [4.78, 5) is 23.6. The van der Waals surface area contributed by atoms with Crippen LogP contribution in [0.15, 0.2) is 47.3 Å². The lowest BCUT2D eigenvalue weighted by Crippen LogP contribution is -2.14. The van der Waals surface area contributed by atoms with Crippen LogP contribution >= 0.6 is 11.3 Å². The Balaban J connectivity index is 1.76. The van der Waals surface area contributed by atoms with Gasteiger partial charge < -0.3 is 9.88 Å². The summed E-state index contributed by atoms with van der Waals surface area (Å²) in [6.07, 6.45) is 0.170. The fraction of sp³-hybridized carbons (Fsp3) is 0.125. The number of aryl methyl sites for hydroxylation is 1. The maximum atomic E-state index is 12.8. The fourth-order valence-corrected chi connectivity index (χ4v) is 3.12. The van der Waals surface area contributed by atoms with Crippen LogP contribution in [0.5, 0.6) is 0 Å². The SMILES string of the molecule is Cn1c(=O)sc2cc(NC(=O)Cc3ccc(F)cc3)ccc21. The van der Waals surface area contributed by atoms with Crippen LogP contribution in [0.2, 0.25) is 0 Å². The van der Waals surface area contributed by atoms with E-state index in [1.54, 1.807) is 41.9 Å². The third kappa shape index (κ3) is 2.92. The first-order valence-corrected chi connectivity index (χ1v) is 7.48. The summed E-state index contributed by atoms with van der Waals surface area (Å²) in [5, 5.41) is 2.79. The number of amides is 1. The number of nitrogens with one attached hydrogen (secondary N) is 1. The van der Waals surface area contributed by atoms with Gasteiger partial charge in [0, 0.05) is 12.7 Å². The zero-order valence-corrected chi connectivity index (χ0v) is 12.6. The van der Waals surface area contributed by atoms with E-state index >= 15 is 0 Å². The second kappa shape index (κ2) is 5.73. The van der Waals surface area contributed by atoms with Crippen molar-refractivity contribution in [1.29, 1.82) is 0 Å². The van der Waals surface area contributed by atoms with Gasteiger partial charge in [-0.25, -0.2) is 4.39 Å². The van der Waals surface area contributed by atoms with Gasteiger partial charge in [-0.15, -0.1) is 0 Å². The van der Waals surface area contributed by atoms with Gasteiger partial charge in [0.05, 0.1) is 16.6 Å². The lowest BCUT2D eigenvalue weighted by Gasteiger charge is -2.06. The van der Waals surface area contributed by atoms with Gasteiger partial charge in [-0.05, 0) is 35.9 Å². The number of halogens is 1. The number of fused-ring (bicyclic) bond motifs is 1. The molecule has 0 saturated heterocycles. The molecular weight excluding hydrogens is 303 g/mol. The molecule has 0 saturated carbocycles. The van der Waals surface area contributed by atoms with Gasteiger partial charge in [-0.1, -0.05) is 23.5 Å². The predicted molar refractivity (Wildman–Crippen MR) is 85.8 cm³/mol. The molecule has 0 unspecified atom stereocenters. The first-order chi connectivity index (χ1) is 10.5. The zero-order valence-electron chi connectivity index (χ0n) is 11.8. The second-order valence-corrected chi connectivity index (χ2v) is 5.95. The van der Waals surface area contributed by atoms with Crippen LogP contribution in [0.25, 0.3) is 10.2 Å². The lowest BCUT2D eigenvalue weighted by atomic mass is 10.1. The number of rotatable bonds is 3. The quantitative estimate of drug-likeness (QED) is 0.808. The topological polar surface area (TPSA) is 51.1 Å². The number of aromatic nitrogens is 1. The summed E-state index contributed by atoms with van der Waals surface area (Å²) < 4.78 is 15.2. The number of benzene rings is 2. The molecule has 0 fully saturated rings. The van der Waals surface area contributed by atoms with Crippen molar-refractivity contribution in [2.75, 3.05) is 5.32 Å². The summed E-state index contributed by atoms with van der Waals surface area (Å²) in [6.45, 7) is 0. The highest BCUT2D eigenvalue weighted by Gasteiger charge is 2.08. The van der Waals surface area contributed by atoms with E-state index < -0.39 is 0 Å². The molecule has 112 valence electrons. The number of carbonyl (C=O) groups excluding carboxylic acids is 1. The Labute approximate surface area is 129 Å². The maximum absolute atomic E-state index is 12.8. The lowest BCUT2D eigenvalue weighted by molar-refractivity contribution is -0.115.